The van der Waals surface area contributed by atoms with Gasteiger partial charge in [-0.15, -0.1) is 0 Å². The van der Waals surface area contributed by atoms with Crippen LogP contribution in [0.2, 0.25) is 5.02 Å². The standard InChI is InChI=1S/C17H21ClO3/c1-11-12-6-5-9-21-15(12)14(18)10-13(11)17(16(19)20)7-3-2-4-8-17/h10H,2-9H2,1H3,(H,19,20). The minimum Gasteiger partial charge on any atom is -0.492 e. The van der Waals surface area contributed by atoms with Gasteiger partial charge in [0.1, 0.15) is 5.75 Å². The van der Waals surface area contributed by atoms with Crippen LogP contribution in [0.15, 0.2) is 6.07 Å². The van der Waals surface area contributed by atoms with Crippen LogP contribution in [0, 0.1) is 6.92 Å². The second-order valence-electron chi connectivity index (χ2n) is 6.24. The zero-order valence-electron chi connectivity index (χ0n) is 12.4. The van der Waals surface area contributed by atoms with Crippen LogP contribution >= 0.6 is 11.6 Å². The van der Waals surface area contributed by atoms with Crippen LogP contribution in [0.5, 0.6) is 5.75 Å². The van der Waals surface area contributed by atoms with E-state index in [1.165, 1.54) is 0 Å². The first-order valence-corrected chi connectivity index (χ1v) is 8.13. The summed E-state index contributed by atoms with van der Waals surface area (Å²) in [6, 6.07) is 1.85. The molecule has 0 atom stereocenters. The summed E-state index contributed by atoms with van der Waals surface area (Å²) in [4.78, 5) is 12.0. The summed E-state index contributed by atoms with van der Waals surface area (Å²) in [5, 5.41) is 10.5. The molecule has 0 spiro atoms. The lowest BCUT2D eigenvalue weighted by Crippen LogP contribution is -2.38. The highest BCUT2D eigenvalue weighted by Crippen LogP contribution is 2.46. The molecule has 1 aromatic rings. The number of benzene rings is 1. The number of ether oxygens (including phenoxy) is 1. The van der Waals surface area contributed by atoms with Crippen molar-refractivity contribution in [3.05, 3.63) is 27.8 Å². The molecule has 0 radical (unpaired) electrons. The first-order chi connectivity index (χ1) is 10.1. The van der Waals surface area contributed by atoms with E-state index in [2.05, 4.69) is 0 Å². The highest BCUT2D eigenvalue weighted by Gasteiger charge is 2.43. The fourth-order valence-corrected chi connectivity index (χ4v) is 4.19. The van der Waals surface area contributed by atoms with E-state index in [1.54, 1.807) is 0 Å². The SMILES string of the molecule is Cc1c(C2(C(=O)O)CCCCC2)cc(Cl)c2c1CCCO2. The lowest BCUT2D eigenvalue weighted by molar-refractivity contribution is -0.145. The molecule has 1 fully saturated rings. The summed E-state index contributed by atoms with van der Waals surface area (Å²) in [7, 11) is 0. The molecule has 2 aliphatic rings. The Bertz CT molecular complexity index is 574. The molecule has 0 saturated heterocycles. The van der Waals surface area contributed by atoms with Gasteiger partial charge in [-0.1, -0.05) is 30.9 Å². The predicted molar refractivity (Wildman–Crippen MR) is 82.4 cm³/mol. The number of rotatable bonds is 2. The minimum absolute atomic E-state index is 0.566. The number of carboxylic acids is 1. The van der Waals surface area contributed by atoms with Crippen LogP contribution in [-0.2, 0) is 16.6 Å². The molecule has 1 aliphatic heterocycles. The molecule has 1 N–H and O–H groups in total. The van der Waals surface area contributed by atoms with Crippen molar-refractivity contribution in [3.63, 3.8) is 0 Å². The lowest BCUT2D eigenvalue weighted by Gasteiger charge is -2.36. The van der Waals surface area contributed by atoms with Gasteiger partial charge in [0.25, 0.3) is 0 Å². The molecule has 1 heterocycles. The molecule has 0 unspecified atom stereocenters. The van der Waals surface area contributed by atoms with Crippen molar-refractivity contribution < 1.29 is 14.6 Å². The maximum atomic E-state index is 12.0. The van der Waals surface area contributed by atoms with Crippen LogP contribution in [-0.4, -0.2) is 17.7 Å². The van der Waals surface area contributed by atoms with E-state index < -0.39 is 11.4 Å². The van der Waals surface area contributed by atoms with Crippen molar-refractivity contribution in [2.75, 3.05) is 6.61 Å². The van der Waals surface area contributed by atoms with Crippen LogP contribution in [0.25, 0.3) is 0 Å². The molecule has 4 heteroatoms. The van der Waals surface area contributed by atoms with E-state index in [0.29, 0.717) is 24.5 Å². The number of carbonyl (C=O) groups is 1. The number of aliphatic carboxylic acids is 1. The van der Waals surface area contributed by atoms with Gasteiger partial charge in [-0.25, -0.2) is 0 Å². The summed E-state index contributed by atoms with van der Waals surface area (Å²) < 4.78 is 5.69. The van der Waals surface area contributed by atoms with E-state index in [9.17, 15) is 9.90 Å². The summed E-state index contributed by atoms with van der Waals surface area (Å²) in [5.41, 5.74) is 2.32. The van der Waals surface area contributed by atoms with Gasteiger partial charge in [0.05, 0.1) is 17.0 Å². The Labute approximate surface area is 130 Å². The van der Waals surface area contributed by atoms with Crippen molar-refractivity contribution >= 4 is 17.6 Å². The molecular weight excluding hydrogens is 288 g/mol. The molecule has 3 rings (SSSR count). The fraction of sp³-hybridized carbons (Fsp3) is 0.588. The summed E-state index contributed by atoms with van der Waals surface area (Å²) in [6.07, 6.45) is 6.36. The van der Waals surface area contributed by atoms with E-state index in [0.717, 1.165) is 54.5 Å². The fourth-order valence-electron chi connectivity index (χ4n) is 3.91. The Hall–Kier alpha value is -1.22. The maximum absolute atomic E-state index is 12.0. The van der Waals surface area contributed by atoms with Crippen LogP contribution < -0.4 is 4.74 Å². The van der Waals surface area contributed by atoms with E-state index in [4.69, 9.17) is 16.3 Å². The molecule has 1 aliphatic carbocycles. The minimum atomic E-state index is -0.765. The maximum Gasteiger partial charge on any atom is 0.314 e. The zero-order chi connectivity index (χ0) is 15.0. The molecule has 0 aromatic heterocycles. The molecule has 0 amide bonds. The molecule has 114 valence electrons. The van der Waals surface area contributed by atoms with E-state index >= 15 is 0 Å². The first-order valence-electron chi connectivity index (χ1n) is 7.75. The van der Waals surface area contributed by atoms with Gasteiger partial charge in [0.2, 0.25) is 0 Å². The van der Waals surface area contributed by atoms with Crippen molar-refractivity contribution in [1.82, 2.24) is 0 Å². The van der Waals surface area contributed by atoms with Crippen molar-refractivity contribution in [2.24, 2.45) is 0 Å². The summed E-state index contributed by atoms with van der Waals surface area (Å²) >= 11 is 6.39. The molecule has 1 aromatic carbocycles. The van der Waals surface area contributed by atoms with Crippen LogP contribution in [0.3, 0.4) is 0 Å². The van der Waals surface area contributed by atoms with Crippen LogP contribution in [0.4, 0.5) is 0 Å². The molecule has 3 nitrogen and oxygen atoms in total. The quantitative estimate of drug-likeness (QED) is 0.888. The van der Waals surface area contributed by atoms with Gasteiger partial charge in [0, 0.05) is 0 Å². The first kappa shape index (κ1) is 14.7. The second-order valence-corrected chi connectivity index (χ2v) is 6.65. The third-order valence-electron chi connectivity index (χ3n) is 5.07. The van der Waals surface area contributed by atoms with Crippen LogP contribution in [0.1, 0.15) is 55.2 Å². The Morgan fingerprint density at radius 2 is 2.00 bits per heavy atom. The van der Waals surface area contributed by atoms with Gasteiger partial charge < -0.3 is 9.84 Å². The van der Waals surface area contributed by atoms with Gasteiger partial charge >= 0.3 is 5.97 Å². The Balaban J connectivity index is 2.17. The van der Waals surface area contributed by atoms with Gasteiger partial charge in [-0.2, -0.15) is 0 Å². The topological polar surface area (TPSA) is 46.5 Å². The highest BCUT2D eigenvalue weighted by molar-refractivity contribution is 6.32. The van der Waals surface area contributed by atoms with Gasteiger partial charge in [-0.3, -0.25) is 4.79 Å². The number of carboxylic acid groups (broad SMARTS) is 1. The van der Waals surface area contributed by atoms with E-state index in [1.807, 2.05) is 13.0 Å². The Kier molecular flexibility index (Phi) is 3.87. The molecular formula is C17H21ClO3. The Morgan fingerprint density at radius 3 is 2.67 bits per heavy atom. The number of halogens is 1. The average molecular weight is 309 g/mol. The lowest BCUT2D eigenvalue weighted by atomic mass is 9.67. The molecule has 1 saturated carbocycles. The largest absolute Gasteiger partial charge is 0.492 e. The number of hydrogen-bond acceptors (Lipinski definition) is 2. The predicted octanol–water partition coefficient (Wildman–Crippen LogP) is 4.26. The molecule has 0 bridgehead atoms. The van der Waals surface area contributed by atoms with E-state index in [-0.39, 0.29) is 0 Å². The smallest absolute Gasteiger partial charge is 0.314 e. The number of hydrogen-bond donors (Lipinski definition) is 1. The highest BCUT2D eigenvalue weighted by atomic mass is 35.5. The normalized spacial score (nSPS) is 20.5. The second kappa shape index (κ2) is 5.53. The summed E-state index contributed by atoms with van der Waals surface area (Å²) in [6.45, 7) is 2.72. The third-order valence-corrected chi connectivity index (χ3v) is 5.35. The monoisotopic (exact) mass is 308 g/mol. The third kappa shape index (κ3) is 2.32. The van der Waals surface area contributed by atoms with Gasteiger partial charge in [0.15, 0.2) is 0 Å². The zero-order valence-corrected chi connectivity index (χ0v) is 13.1. The molecule has 21 heavy (non-hydrogen) atoms. The average Bonchev–Trinajstić information content (AvgIpc) is 2.51. The number of fused-ring (bicyclic) bond motifs is 1. The van der Waals surface area contributed by atoms with Crippen molar-refractivity contribution in [1.29, 1.82) is 0 Å². The van der Waals surface area contributed by atoms with Crippen molar-refractivity contribution in [2.45, 2.75) is 57.3 Å². The summed E-state index contributed by atoms with van der Waals surface area (Å²) in [5.74, 6) is 0.0542. The van der Waals surface area contributed by atoms with Crippen molar-refractivity contribution in [3.8, 4) is 5.75 Å². The Morgan fingerprint density at radius 1 is 1.29 bits per heavy atom. The van der Waals surface area contributed by atoms with Gasteiger partial charge in [-0.05, 0) is 55.4 Å².